The number of benzene rings is 1. The van der Waals surface area contributed by atoms with Crippen LogP contribution < -0.4 is 5.32 Å². The van der Waals surface area contributed by atoms with Crippen molar-refractivity contribution in [2.45, 2.75) is 31.3 Å². The van der Waals surface area contributed by atoms with Gasteiger partial charge in [-0.2, -0.15) is 4.98 Å². The molecule has 3 rings (SSSR count). The Hall–Kier alpha value is -2.21. The van der Waals surface area contributed by atoms with Gasteiger partial charge in [-0.15, -0.1) is 0 Å². The van der Waals surface area contributed by atoms with E-state index >= 15 is 0 Å². The molecule has 2 N–H and O–H groups in total. The Balaban J connectivity index is 1.78. The molecule has 0 radical (unpaired) electrons. The Morgan fingerprint density at radius 3 is 2.85 bits per heavy atom. The number of nitrogens with zero attached hydrogens (tertiary/aromatic N) is 2. The third-order valence-corrected chi connectivity index (χ3v) is 3.59. The number of rotatable bonds is 3. The van der Waals surface area contributed by atoms with Gasteiger partial charge in [-0.3, -0.25) is 4.79 Å². The average Bonchev–Trinajstić information content (AvgIpc) is 3.11. The molecule has 1 aliphatic carbocycles. The normalized spacial score (nSPS) is 17.1. The van der Waals surface area contributed by atoms with Crippen LogP contribution in [0.4, 0.5) is 5.69 Å². The zero-order valence-corrected chi connectivity index (χ0v) is 10.9. The molecule has 104 valence electrons. The highest BCUT2D eigenvalue weighted by Crippen LogP contribution is 2.31. The minimum absolute atomic E-state index is 0.347. The van der Waals surface area contributed by atoms with E-state index < -0.39 is 5.60 Å². The van der Waals surface area contributed by atoms with E-state index in [9.17, 15) is 9.90 Å². The number of carbonyl (C=O) groups is 1. The van der Waals surface area contributed by atoms with Crippen LogP contribution in [0.2, 0.25) is 0 Å². The summed E-state index contributed by atoms with van der Waals surface area (Å²) in [6.45, 7) is 0. The molecule has 2 aromatic rings. The Labute approximate surface area is 115 Å². The SMILES string of the molecule is O=C(Nc1cccc(-c2ncon2)c1)C1(O)CCCC1. The quantitative estimate of drug-likeness (QED) is 0.892. The van der Waals surface area contributed by atoms with E-state index in [1.807, 2.05) is 6.07 Å². The van der Waals surface area contributed by atoms with Crippen LogP contribution in [0.5, 0.6) is 0 Å². The third-order valence-electron chi connectivity index (χ3n) is 3.59. The lowest BCUT2D eigenvalue weighted by Crippen LogP contribution is -2.40. The molecular weight excluding hydrogens is 258 g/mol. The van der Waals surface area contributed by atoms with Crippen LogP contribution in [0, 0.1) is 0 Å². The van der Waals surface area contributed by atoms with Gasteiger partial charge in [0, 0.05) is 11.3 Å². The van der Waals surface area contributed by atoms with E-state index in [0.717, 1.165) is 18.4 Å². The fraction of sp³-hybridized carbons (Fsp3) is 0.357. The number of anilines is 1. The predicted molar refractivity (Wildman–Crippen MR) is 71.8 cm³/mol. The van der Waals surface area contributed by atoms with E-state index in [2.05, 4.69) is 15.5 Å². The summed E-state index contributed by atoms with van der Waals surface area (Å²) >= 11 is 0. The van der Waals surface area contributed by atoms with Crippen molar-refractivity contribution in [2.24, 2.45) is 0 Å². The van der Waals surface area contributed by atoms with Crippen LogP contribution in [0.15, 0.2) is 35.2 Å². The molecule has 1 aliphatic rings. The molecule has 0 bridgehead atoms. The maximum Gasteiger partial charge on any atom is 0.256 e. The van der Waals surface area contributed by atoms with Gasteiger partial charge in [0.2, 0.25) is 12.2 Å². The summed E-state index contributed by atoms with van der Waals surface area (Å²) in [4.78, 5) is 16.1. The molecule has 1 amide bonds. The summed E-state index contributed by atoms with van der Waals surface area (Å²) in [6.07, 6.45) is 4.05. The number of amides is 1. The molecule has 0 atom stereocenters. The Morgan fingerprint density at radius 1 is 1.35 bits per heavy atom. The van der Waals surface area contributed by atoms with E-state index in [-0.39, 0.29) is 5.91 Å². The first-order chi connectivity index (χ1) is 9.67. The maximum absolute atomic E-state index is 12.1. The zero-order chi connectivity index (χ0) is 14.0. The predicted octanol–water partition coefficient (Wildman–Crippen LogP) is 1.98. The largest absolute Gasteiger partial charge is 0.380 e. The Bertz CT molecular complexity index is 604. The van der Waals surface area contributed by atoms with Gasteiger partial charge in [0.25, 0.3) is 5.91 Å². The lowest BCUT2D eigenvalue weighted by molar-refractivity contribution is -0.133. The van der Waals surface area contributed by atoms with Gasteiger partial charge in [-0.05, 0) is 37.8 Å². The molecule has 1 heterocycles. The van der Waals surface area contributed by atoms with E-state index in [1.165, 1.54) is 6.39 Å². The Kier molecular flexibility index (Phi) is 3.23. The summed E-state index contributed by atoms with van der Waals surface area (Å²) in [5.74, 6) is 0.112. The molecule has 1 saturated carbocycles. The van der Waals surface area contributed by atoms with Crippen LogP contribution in [-0.2, 0) is 4.79 Å². The summed E-state index contributed by atoms with van der Waals surface area (Å²) in [5.41, 5.74) is 0.120. The van der Waals surface area contributed by atoms with Gasteiger partial charge in [-0.25, -0.2) is 0 Å². The standard InChI is InChI=1S/C14H15N3O3/c18-13(14(19)6-1-2-7-14)16-11-5-3-4-10(8-11)12-15-9-20-17-12/h3-5,8-9,19H,1-2,6-7H2,(H,16,18). The second-order valence-electron chi connectivity index (χ2n) is 5.03. The minimum Gasteiger partial charge on any atom is -0.380 e. The van der Waals surface area contributed by atoms with Crippen molar-refractivity contribution in [1.29, 1.82) is 0 Å². The number of aromatic nitrogens is 2. The number of hydrogen-bond donors (Lipinski definition) is 2. The van der Waals surface area contributed by atoms with Crippen molar-refractivity contribution in [1.82, 2.24) is 10.1 Å². The monoisotopic (exact) mass is 273 g/mol. The van der Waals surface area contributed by atoms with Crippen molar-refractivity contribution < 1.29 is 14.4 Å². The Morgan fingerprint density at radius 2 is 2.15 bits per heavy atom. The molecular formula is C14H15N3O3. The molecule has 6 heteroatoms. The van der Waals surface area contributed by atoms with E-state index in [0.29, 0.717) is 24.4 Å². The first-order valence-corrected chi connectivity index (χ1v) is 6.58. The van der Waals surface area contributed by atoms with Crippen molar-refractivity contribution in [2.75, 3.05) is 5.32 Å². The molecule has 1 fully saturated rings. The van der Waals surface area contributed by atoms with Crippen LogP contribution in [0.1, 0.15) is 25.7 Å². The van der Waals surface area contributed by atoms with Gasteiger partial charge in [0.15, 0.2) is 0 Å². The summed E-state index contributed by atoms with van der Waals surface area (Å²) in [5, 5.41) is 16.7. The van der Waals surface area contributed by atoms with Crippen LogP contribution in [0.3, 0.4) is 0 Å². The van der Waals surface area contributed by atoms with Crippen molar-refractivity contribution >= 4 is 11.6 Å². The van der Waals surface area contributed by atoms with E-state index in [1.54, 1.807) is 18.2 Å². The molecule has 1 aromatic carbocycles. The van der Waals surface area contributed by atoms with Gasteiger partial charge < -0.3 is 14.9 Å². The second kappa shape index (κ2) is 5.05. The van der Waals surface area contributed by atoms with Crippen molar-refractivity contribution in [3.05, 3.63) is 30.7 Å². The molecule has 0 spiro atoms. The van der Waals surface area contributed by atoms with Crippen LogP contribution in [0.25, 0.3) is 11.4 Å². The first kappa shape index (κ1) is 12.8. The summed E-state index contributed by atoms with van der Waals surface area (Å²) in [6, 6.07) is 7.13. The molecule has 6 nitrogen and oxygen atoms in total. The van der Waals surface area contributed by atoms with Crippen LogP contribution >= 0.6 is 0 Å². The second-order valence-corrected chi connectivity index (χ2v) is 5.03. The molecule has 0 aliphatic heterocycles. The number of hydrogen-bond acceptors (Lipinski definition) is 5. The molecule has 0 unspecified atom stereocenters. The molecule has 0 saturated heterocycles. The van der Waals surface area contributed by atoms with Gasteiger partial charge in [0.1, 0.15) is 5.60 Å². The molecule has 1 aromatic heterocycles. The van der Waals surface area contributed by atoms with Crippen molar-refractivity contribution in [3.8, 4) is 11.4 Å². The first-order valence-electron chi connectivity index (χ1n) is 6.58. The highest BCUT2D eigenvalue weighted by atomic mass is 16.5. The highest BCUT2D eigenvalue weighted by molar-refractivity contribution is 5.97. The lowest BCUT2D eigenvalue weighted by Gasteiger charge is -2.21. The van der Waals surface area contributed by atoms with Crippen molar-refractivity contribution in [3.63, 3.8) is 0 Å². The van der Waals surface area contributed by atoms with E-state index in [4.69, 9.17) is 4.52 Å². The fourth-order valence-electron chi connectivity index (χ4n) is 2.47. The lowest BCUT2D eigenvalue weighted by atomic mass is 10.0. The van der Waals surface area contributed by atoms with Gasteiger partial charge in [-0.1, -0.05) is 17.3 Å². The zero-order valence-electron chi connectivity index (χ0n) is 10.9. The maximum atomic E-state index is 12.1. The topological polar surface area (TPSA) is 88.3 Å². The minimum atomic E-state index is -1.23. The highest BCUT2D eigenvalue weighted by Gasteiger charge is 2.38. The summed E-state index contributed by atoms with van der Waals surface area (Å²) in [7, 11) is 0. The summed E-state index contributed by atoms with van der Waals surface area (Å²) < 4.78 is 4.70. The number of carbonyl (C=O) groups excluding carboxylic acids is 1. The number of aliphatic hydroxyl groups is 1. The fourth-order valence-corrected chi connectivity index (χ4v) is 2.47. The third kappa shape index (κ3) is 2.42. The van der Waals surface area contributed by atoms with Gasteiger partial charge in [0.05, 0.1) is 0 Å². The smallest absolute Gasteiger partial charge is 0.256 e. The van der Waals surface area contributed by atoms with Gasteiger partial charge >= 0.3 is 0 Å². The number of nitrogens with one attached hydrogen (secondary N) is 1. The van der Waals surface area contributed by atoms with Crippen LogP contribution in [-0.4, -0.2) is 26.8 Å². The average molecular weight is 273 g/mol. The molecule has 20 heavy (non-hydrogen) atoms.